The summed E-state index contributed by atoms with van der Waals surface area (Å²) in [7, 11) is 1.57. The van der Waals surface area contributed by atoms with Crippen LogP contribution in [0.25, 0.3) is 0 Å². The van der Waals surface area contributed by atoms with E-state index in [-0.39, 0.29) is 11.8 Å². The second-order valence-corrected chi connectivity index (χ2v) is 5.30. The molecular formula is C15H14BrN3O2. The van der Waals surface area contributed by atoms with Crippen LogP contribution < -0.4 is 16.4 Å². The highest BCUT2D eigenvalue weighted by Gasteiger charge is 2.09. The van der Waals surface area contributed by atoms with Gasteiger partial charge in [-0.25, -0.2) is 0 Å². The van der Waals surface area contributed by atoms with Crippen LogP contribution in [0.3, 0.4) is 0 Å². The molecule has 0 aromatic heterocycles. The van der Waals surface area contributed by atoms with Crippen molar-refractivity contribution in [1.82, 2.24) is 5.32 Å². The van der Waals surface area contributed by atoms with Crippen LogP contribution in [-0.2, 0) is 0 Å². The molecule has 2 aromatic rings. The number of hydrogen-bond acceptors (Lipinski definition) is 3. The molecule has 0 aliphatic carbocycles. The summed E-state index contributed by atoms with van der Waals surface area (Å²) in [5.74, 6) is -0.441. The summed E-state index contributed by atoms with van der Waals surface area (Å²) in [6.45, 7) is 0. The molecule has 0 unspecified atom stereocenters. The molecule has 0 saturated carbocycles. The summed E-state index contributed by atoms with van der Waals surface area (Å²) >= 11 is 3.30. The van der Waals surface area contributed by atoms with Crippen LogP contribution in [0, 0.1) is 0 Å². The Labute approximate surface area is 130 Å². The van der Waals surface area contributed by atoms with Gasteiger partial charge in [0.25, 0.3) is 11.8 Å². The van der Waals surface area contributed by atoms with Crippen LogP contribution in [0.4, 0.5) is 11.4 Å². The molecule has 0 radical (unpaired) electrons. The molecule has 0 bridgehead atoms. The fraction of sp³-hybridized carbons (Fsp3) is 0.0667. The number of halogens is 1. The molecular weight excluding hydrogens is 334 g/mol. The van der Waals surface area contributed by atoms with Crippen LogP contribution in [0.1, 0.15) is 20.7 Å². The molecule has 21 heavy (non-hydrogen) atoms. The summed E-state index contributed by atoms with van der Waals surface area (Å²) in [5, 5.41) is 5.28. The molecule has 0 saturated heterocycles. The Kier molecular flexibility index (Phi) is 4.59. The van der Waals surface area contributed by atoms with Crippen molar-refractivity contribution in [3.05, 3.63) is 58.1 Å². The number of benzene rings is 2. The van der Waals surface area contributed by atoms with E-state index in [0.29, 0.717) is 22.5 Å². The molecule has 2 aromatic carbocycles. The first-order chi connectivity index (χ1) is 9.99. The van der Waals surface area contributed by atoms with Crippen LogP contribution >= 0.6 is 15.9 Å². The van der Waals surface area contributed by atoms with Crippen molar-refractivity contribution in [2.45, 2.75) is 0 Å². The molecule has 0 spiro atoms. The predicted octanol–water partition coefficient (Wildman–Crippen LogP) is 2.64. The second kappa shape index (κ2) is 6.41. The Bertz CT molecular complexity index is 664. The molecule has 2 amide bonds. The molecule has 5 nitrogen and oxygen atoms in total. The minimum Gasteiger partial charge on any atom is -0.399 e. The smallest absolute Gasteiger partial charge is 0.255 e. The Morgan fingerprint density at radius 1 is 1.00 bits per heavy atom. The zero-order chi connectivity index (χ0) is 15.4. The van der Waals surface area contributed by atoms with Gasteiger partial charge in [-0.05, 0) is 42.5 Å². The highest BCUT2D eigenvalue weighted by atomic mass is 79.9. The lowest BCUT2D eigenvalue weighted by atomic mass is 10.1. The summed E-state index contributed by atoms with van der Waals surface area (Å²) in [6, 6.07) is 11.6. The first-order valence-electron chi connectivity index (χ1n) is 6.19. The predicted molar refractivity (Wildman–Crippen MR) is 86.3 cm³/mol. The van der Waals surface area contributed by atoms with Gasteiger partial charge in [0.15, 0.2) is 0 Å². The van der Waals surface area contributed by atoms with E-state index >= 15 is 0 Å². The highest BCUT2D eigenvalue weighted by molar-refractivity contribution is 9.10. The van der Waals surface area contributed by atoms with Crippen LogP contribution in [0.15, 0.2) is 46.9 Å². The molecule has 4 N–H and O–H groups in total. The third kappa shape index (κ3) is 3.82. The van der Waals surface area contributed by atoms with E-state index < -0.39 is 0 Å². The van der Waals surface area contributed by atoms with Gasteiger partial charge in [-0.2, -0.15) is 0 Å². The van der Waals surface area contributed by atoms with Crippen molar-refractivity contribution in [1.29, 1.82) is 0 Å². The maximum Gasteiger partial charge on any atom is 0.255 e. The van der Waals surface area contributed by atoms with E-state index in [1.165, 1.54) is 0 Å². The van der Waals surface area contributed by atoms with E-state index in [0.717, 1.165) is 4.47 Å². The van der Waals surface area contributed by atoms with Crippen molar-refractivity contribution in [2.75, 3.05) is 18.1 Å². The van der Waals surface area contributed by atoms with E-state index in [9.17, 15) is 9.59 Å². The minimum atomic E-state index is -0.268. The van der Waals surface area contributed by atoms with Gasteiger partial charge in [-0.3, -0.25) is 9.59 Å². The summed E-state index contributed by atoms with van der Waals surface area (Å²) in [6.07, 6.45) is 0. The maximum absolute atomic E-state index is 12.1. The number of carbonyl (C=O) groups is 2. The number of nitrogens with two attached hydrogens (primary N) is 1. The minimum absolute atomic E-state index is 0.173. The average Bonchev–Trinajstić information content (AvgIpc) is 2.46. The largest absolute Gasteiger partial charge is 0.399 e. The van der Waals surface area contributed by atoms with Gasteiger partial charge < -0.3 is 16.4 Å². The third-order valence-corrected chi connectivity index (χ3v) is 3.27. The molecule has 2 rings (SSSR count). The molecule has 0 atom stereocenters. The Hall–Kier alpha value is -2.34. The maximum atomic E-state index is 12.1. The number of carbonyl (C=O) groups excluding carboxylic acids is 2. The summed E-state index contributed by atoms with van der Waals surface area (Å²) < 4.78 is 0.739. The number of nitrogen functional groups attached to an aromatic ring is 1. The van der Waals surface area contributed by atoms with E-state index in [2.05, 4.69) is 26.6 Å². The van der Waals surface area contributed by atoms with E-state index in [1.807, 2.05) is 0 Å². The fourth-order valence-electron chi connectivity index (χ4n) is 1.80. The van der Waals surface area contributed by atoms with Gasteiger partial charge in [-0.1, -0.05) is 15.9 Å². The summed E-state index contributed by atoms with van der Waals surface area (Å²) in [5.41, 5.74) is 7.80. The van der Waals surface area contributed by atoms with E-state index in [4.69, 9.17) is 5.73 Å². The molecule has 108 valence electrons. The Morgan fingerprint density at radius 3 is 2.24 bits per heavy atom. The lowest BCUT2D eigenvalue weighted by Gasteiger charge is -2.07. The molecule has 0 aliphatic heterocycles. The quantitative estimate of drug-likeness (QED) is 0.746. The van der Waals surface area contributed by atoms with Gasteiger partial charge in [0.2, 0.25) is 0 Å². The number of rotatable bonds is 3. The first kappa shape index (κ1) is 15.1. The van der Waals surface area contributed by atoms with Gasteiger partial charge >= 0.3 is 0 Å². The zero-order valence-electron chi connectivity index (χ0n) is 11.3. The van der Waals surface area contributed by atoms with Gasteiger partial charge in [0.1, 0.15) is 0 Å². The monoisotopic (exact) mass is 347 g/mol. The van der Waals surface area contributed by atoms with Gasteiger partial charge in [-0.15, -0.1) is 0 Å². The second-order valence-electron chi connectivity index (χ2n) is 4.38. The van der Waals surface area contributed by atoms with Crippen LogP contribution in [0.2, 0.25) is 0 Å². The van der Waals surface area contributed by atoms with Gasteiger partial charge in [0, 0.05) is 34.0 Å². The van der Waals surface area contributed by atoms with Crippen molar-refractivity contribution < 1.29 is 9.59 Å². The lowest BCUT2D eigenvalue weighted by molar-refractivity contribution is 0.0962. The number of amides is 2. The van der Waals surface area contributed by atoms with Crippen LogP contribution in [-0.4, -0.2) is 18.9 Å². The normalized spacial score (nSPS) is 10.0. The van der Waals surface area contributed by atoms with Crippen molar-refractivity contribution in [2.24, 2.45) is 0 Å². The van der Waals surface area contributed by atoms with Crippen molar-refractivity contribution in [3.8, 4) is 0 Å². The Balaban J connectivity index is 2.14. The van der Waals surface area contributed by atoms with Gasteiger partial charge in [0.05, 0.1) is 0 Å². The fourth-order valence-corrected chi connectivity index (χ4v) is 2.31. The van der Waals surface area contributed by atoms with E-state index in [1.54, 1.807) is 49.5 Å². The summed E-state index contributed by atoms with van der Waals surface area (Å²) in [4.78, 5) is 23.6. The topological polar surface area (TPSA) is 84.2 Å². The number of nitrogens with one attached hydrogen (secondary N) is 2. The molecule has 0 heterocycles. The number of hydrogen-bond donors (Lipinski definition) is 3. The number of anilines is 2. The van der Waals surface area contributed by atoms with Crippen LogP contribution in [0.5, 0.6) is 0 Å². The van der Waals surface area contributed by atoms with Crippen molar-refractivity contribution in [3.63, 3.8) is 0 Å². The first-order valence-corrected chi connectivity index (χ1v) is 6.98. The highest BCUT2D eigenvalue weighted by Crippen LogP contribution is 2.18. The third-order valence-electron chi connectivity index (χ3n) is 2.81. The lowest BCUT2D eigenvalue weighted by Crippen LogP contribution is -2.18. The molecule has 0 fully saturated rings. The Morgan fingerprint density at radius 2 is 1.67 bits per heavy atom. The molecule has 0 aliphatic rings. The van der Waals surface area contributed by atoms with Crippen molar-refractivity contribution >= 4 is 39.1 Å². The SMILES string of the molecule is CNC(=O)c1ccc(NC(=O)c2cc(N)cc(Br)c2)cc1. The zero-order valence-corrected chi connectivity index (χ0v) is 12.9. The average molecular weight is 348 g/mol. The standard InChI is InChI=1S/C15H14BrN3O2/c1-18-14(20)9-2-4-13(5-3-9)19-15(21)10-6-11(16)8-12(17)7-10/h2-8H,17H2,1H3,(H,18,20)(H,19,21). The molecule has 6 heteroatoms.